The fourth-order valence-electron chi connectivity index (χ4n) is 5.09. The first kappa shape index (κ1) is 31.1. The zero-order chi connectivity index (χ0) is 31.2. The maximum absolute atomic E-state index is 13.3. The highest BCUT2D eigenvalue weighted by molar-refractivity contribution is 6.02. The number of aromatic hydroxyl groups is 2. The van der Waals surface area contributed by atoms with Crippen LogP contribution in [-0.4, -0.2) is 131 Å². The monoisotopic (exact) mass is 612 g/mol. The fourth-order valence-corrected chi connectivity index (χ4v) is 5.09. The highest BCUT2D eigenvalue weighted by atomic mass is 16.7. The third kappa shape index (κ3) is 5.94. The predicted molar refractivity (Wildman–Crippen MR) is 137 cm³/mol. The Balaban J connectivity index is 1.37. The molecule has 2 aromatic carbocycles. The van der Waals surface area contributed by atoms with Gasteiger partial charge in [0.1, 0.15) is 77.7 Å². The zero-order valence-corrected chi connectivity index (χ0v) is 22.3. The average molecular weight is 613 g/mol. The number of aliphatic hydroxyl groups excluding tert-OH is 8. The van der Waals surface area contributed by atoms with E-state index >= 15 is 0 Å². The summed E-state index contributed by atoms with van der Waals surface area (Å²) in [6.45, 7) is -1.40. The summed E-state index contributed by atoms with van der Waals surface area (Å²) in [5.41, 5.74) is 0.179. The van der Waals surface area contributed by atoms with Crippen LogP contribution in [0.15, 0.2) is 30.3 Å². The van der Waals surface area contributed by atoms with Crippen molar-refractivity contribution in [3.63, 3.8) is 0 Å². The van der Waals surface area contributed by atoms with E-state index in [0.717, 1.165) is 12.1 Å². The Hall–Kier alpha value is -3.29. The van der Waals surface area contributed by atoms with Crippen LogP contribution in [0, 0.1) is 0 Å². The molecule has 5 rings (SSSR count). The number of Topliss-reactive ketones (excluding diaryl/α,β-unsaturated/α-hetero) is 1. The summed E-state index contributed by atoms with van der Waals surface area (Å²) in [6, 6.07) is 6.13. The van der Waals surface area contributed by atoms with E-state index in [1.807, 2.05) is 0 Å². The number of phenols is 2. The highest BCUT2D eigenvalue weighted by Gasteiger charge is 2.46. The number of hydrogen-bond donors (Lipinski definition) is 10. The summed E-state index contributed by atoms with van der Waals surface area (Å²) >= 11 is 0. The molecule has 2 fully saturated rings. The standard InChI is InChI=1S/C27H32O16/c28-7-17-20(33)22(35)24(37)26(42-17)40-14-3-9(1-2-11(14)31)13-6-12(32)19-15(39-13)4-10(30)5-16(19)41-27-25(38)23(36)21(34)18(8-29)43-27/h1-5,13,17-18,20-31,33-38H,6-8H2. The molecule has 10 N–H and O–H groups in total. The fraction of sp³-hybridized carbons (Fsp3) is 0.519. The first-order valence-corrected chi connectivity index (χ1v) is 13.3. The Morgan fingerprint density at radius 1 is 0.721 bits per heavy atom. The molecule has 16 heteroatoms. The van der Waals surface area contributed by atoms with Crippen molar-refractivity contribution in [3.8, 4) is 28.7 Å². The number of aliphatic hydroxyl groups is 8. The summed E-state index contributed by atoms with van der Waals surface area (Å²) in [6.07, 6.45) is -17.3. The van der Waals surface area contributed by atoms with Crippen LogP contribution in [0.3, 0.4) is 0 Å². The zero-order valence-electron chi connectivity index (χ0n) is 22.3. The van der Waals surface area contributed by atoms with Crippen LogP contribution in [0.5, 0.6) is 28.7 Å². The Morgan fingerprint density at radius 2 is 1.28 bits per heavy atom. The molecule has 2 aromatic rings. The molecular formula is C27H32O16. The van der Waals surface area contributed by atoms with E-state index in [2.05, 4.69) is 0 Å². The lowest BCUT2D eigenvalue weighted by atomic mass is 9.95. The quantitative estimate of drug-likeness (QED) is 0.151. The molecule has 3 heterocycles. The number of hydrogen-bond acceptors (Lipinski definition) is 16. The minimum Gasteiger partial charge on any atom is -0.508 e. The molecule has 0 radical (unpaired) electrons. The number of rotatable bonds is 7. The van der Waals surface area contributed by atoms with Crippen LogP contribution < -0.4 is 14.2 Å². The van der Waals surface area contributed by atoms with Gasteiger partial charge in [0.25, 0.3) is 0 Å². The molecule has 0 aliphatic carbocycles. The van der Waals surface area contributed by atoms with Gasteiger partial charge < -0.3 is 74.7 Å². The Morgan fingerprint density at radius 3 is 1.84 bits per heavy atom. The lowest BCUT2D eigenvalue weighted by Gasteiger charge is -2.40. The van der Waals surface area contributed by atoms with Crippen molar-refractivity contribution in [1.82, 2.24) is 0 Å². The van der Waals surface area contributed by atoms with E-state index in [1.165, 1.54) is 18.2 Å². The van der Waals surface area contributed by atoms with Crippen LogP contribution in [-0.2, 0) is 9.47 Å². The molecule has 3 aliphatic rings. The van der Waals surface area contributed by atoms with Crippen molar-refractivity contribution < 1.29 is 79.5 Å². The van der Waals surface area contributed by atoms with Gasteiger partial charge in [0.2, 0.25) is 12.6 Å². The first-order valence-electron chi connectivity index (χ1n) is 13.3. The first-order chi connectivity index (χ1) is 20.4. The summed E-state index contributed by atoms with van der Waals surface area (Å²) < 4.78 is 27.8. The van der Waals surface area contributed by atoms with Crippen molar-refractivity contribution >= 4 is 5.78 Å². The number of ketones is 1. The van der Waals surface area contributed by atoms with E-state index in [0.29, 0.717) is 5.56 Å². The summed E-state index contributed by atoms with van der Waals surface area (Å²) in [4.78, 5) is 13.3. The van der Waals surface area contributed by atoms with E-state index in [1.54, 1.807) is 0 Å². The van der Waals surface area contributed by atoms with Crippen LogP contribution >= 0.6 is 0 Å². The molecule has 16 nitrogen and oxygen atoms in total. The molecule has 11 atom stereocenters. The molecule has 0 aromatic heterocycles. The molecule has 236 valence electrons. The number of carbonyl (C=O) groups is 1. The third-order valence-corrected chi connectivity index (χ3v) is 7.51. The molecule has 43 heavy (non-hydrogen) atoms. The molecule has 0 spiro atoms. The average Bonchev–Trinajstić information content (AvgIpc) is 2.98. The number of ether oxygens (including phenoxy) is 5. The smallest absolute Gasteiger partial charge is 0.229 e. The lowest BCUT2D eigenvalue weighted by Crippen LogP contribution is -2.60. The van der Waals surface area contributed by atoms with E-state index in [4.69, 9.17) is 23.7 Å². The highest BCUT2D eigenvalue weighted by Crippen LogP contribution is 2.44. The normalized spacial score (nSPS) is 36.0. The minimum atomic E-state index is -1.78. The SMILES string of the molecule is O=C1CC(c2ccc(O)c(OC3OC(CO)C(O)C(O)C3O)c2)Oc2cc(O)cc(OC3OC(CO)C(O)C(O)C3O)c21. The molecule has 0 saturated carbocycles. The van der Waals surface area contributed by atoms with Crippen LogP contribution in [0.25, 0.3) is 0 Å². The van der Waals surface area contributed by atoms with Gasteiger partial charge in [0.05, 0.1) is 19.6 Å². The minimum absolute atomic E-state index is 0.120. The van der Waals surface area contributed by atoms with Crippen LogP contribution in [0.2, 0.25) is 0 Å². The van der Waals surface area contributed by atoms with Gasteiger partial charge >= 0.3 is 0 Å². The van der Waals surface area contributed by atoms with Crippen molar-refractivity contribution in [2.45, 2.75) is 73.9 Å². The number of carbonyl (C=O) groups excluding carboxylic acids is 1. The Labute approximate surface area is 243 Å². The van der Waals surface area contributed by atoms with Crippen molar-refractivity contribution in [2.75, 3.05) is 13.2 Å². The summed E-state index contributed by atoms with van der Waals surface area (Å²) in [5, 5.41) is 100. The predicted octanol–water partition coefficient (Wildman–Crippen LogP) is -2.84. The van der Waals surface area contributed by atoms with Gasteiger partial charge in [-0.2, -0.15) is 0 Å². The summed E-state index contributed by atoms with van der Waals surface area (Å²) in [7, 11) is 0. The second kappa shape index (κ2) is 12.4. The molecular weight excluding hydrogens is 580 g/mol. The number of fused-ring (bicyclic) bond motifs is 1. The van der Waals surface area contributed by atoms with Crippen molar-refractivity contribution in [2.24, 2.45) is 0 Å². The summed E-state index contributed by atoms with van der Waals surface area (Å²) in [5.74, 6) is -1.97. The van der Waals surface area contributed by atoms with Gasteiger partial charge in [0.15, 0.2) is 17.3 Å². The van der Waals surface area contributed by atoms with E-state index in [-0.39, 0.29) is 29.2 Å². The van der Waals surface area contributed by atoms with Crippen molar-refractivity contribution in [3.05, 3.63) is 41.5 Å². The Kier molecular flexibility index (Phi) is 8.96. The molecule has 2 saturated heterocycles. The topological polar surface area (TPSA) is 266 Å². The van der Waals surface area contributed by atoms with E-state index < -0.39 is 98.0 Å². The van der Waals surface area contributed by atoms with Gasteiger partial charge in [-0.25, -0.2) is 0 Å². The molecule has 0 amide bonds. The van der Waals surface area contributed by atoms with Gasteiger partial charge in [0, 0.05) is 12.1 Å². The number of benzene rings is 2. The van der Waals surface area contributed by atoms with Crippen LogP contribution in [0.1, 0.15) is 28.4 Å². The second-order valence-electron chi connectivity index (χ2n) is 10.4. The largest absolute Gasteiger partial charge is 0.508 e. The maximum Gasteiger partial charge on any atom is 0.229 e. The molecule has 11 unspecified atom stereocenters. The van der Waals surface area contributed by atoms with Gasteiger partial charge in [-0.05, 0) is 17.7 Å². The van der Waals surface area contributed by atoms with Gasteiger partial charge in [-0.3, -0.25) is 4.79 Å². The van der Waals surface area contributed by atoms with Crippen molar-refractivity contribution in [1.29, 1.82) is 0 Å². The molecule has 0 bridgehead atoms. The maximum atomic E-state index is 13.3. The second-order valence-corrected chi connectivity index (χ2v) is 10.4. The lowest BCUT2D eigenvalue weighted by molar-refractivity contribution is -0.277. The van der Waals surface area contributed by atoms with E-state index in [9.17, 15) is 55.9 Å². The van der Waals surface area contributed by atoms with Gasteiger partial charge in [-0.15, -0.1) is 0 Å². The van der Waals surface area contributed by atoms with Crippen LogP contribution in [0.4, 0.5) is 0 Å². The molecule has 3 aliphatic heterocycles. The third-order valence-electron chi connectivity index (χ3n) is 7.51. The van der Waals surface area contributed by atoms with Gasteiger partial charge in [-0.1, -0.05) is 6.07 Å². The Bertz CT molecular complexity index is 1320. The number of phenolic OH excluding ortho intramolecular Hbond substituents is 2.